The van der Waals surface area contributed by atoms with Crippen LogP contribution in [0.2, 0.25) is 0 Å². The Morgan fingerprint density at radius 2 is 2.14 bits per heavy atom. The van der Waals surface area contributed by atoms with Crippen molar-refractivity contribution in [2.45, 2.75) is 38.7 Å². The monoisotopic (exact) mass is 294 g/mol. The van der Waals surface area contributed by atoms with E-state index >= 15 is 0 Å². The summed E-state index contributed by atoms with van der Waals surface area (Å²) >= 11 is 0. The first-order chi connectivity index (χ1) is 9.74. The Morgan fingerprint density at radius 3 is 2.71 bits per heavy atom. The van der Waals surface area contributed by atoms with Gasteiger partial charge in [-0.15, -0.1) is 0 Å². The third-order valence-corrected chi connectivity index (χ3v) is 3.07. The van der Waals surface area contributed by atoms with Gasteiger partial charge >= 0.3 is 6.09 Å². The fourth-order valence-corrected chi connectivity index (χ4v) is 2.22. The van der Waals surface area contributed by atoms with Gasteiger partial charge in [-0.05, 0) is 44.5 Å². The van der Waals surface area contributed by atoms with Gasteiger partial charge in [0.05, 0.1) is 0 Å². The second-order valence-electron chi connectivity index (χ2n) is 6.06. The van der Waals surface area contributed by atoms with Gasteiger partial charge in [-0.2, -0.15) is 0 Å². The van der Waals surface area contributed by atoms with E-state index in [4.69, 9.17) is 4.74 Å². The highest BCUT2D eigenvalue weighted by Crippen LogP contribution is 2.30. The van der Waals surface area contributed by atoms with Crippen molar-refractivity contribution in [2.75, 3.05) is 11.9 Å². The first kappa shape index (κ1) is 15.3. The molecule has 1 unspecified atom stereocenters. The van der Waals surface area contributed by atoms with Crippen molar-refractivity contribution in [3.8, 4) is 0 Å². The summed E-state index contributed by atoms with van der Waals surface area (Å²) in [5, 5.41) is 5.32. The van der Waals surface area contributed by atoms with E-state index in [1.54, 1.807) is 20.8 Å². The maximum absolute atomic E-state index is 13.5. The highest BCUT2D eigenvalue weighted by atomic mass is 19.1. The SMILES string of the molecule is CC(C)(C)OC(=O)Nc1ccc(F)cc1C1CNC(=O)C1. The molecule has 1 aromatic rings. The second kappa shape index (κ2) is 5.71. The average Bonchev–Trinajstić information content (AvgIpc) is 2.75. The lowest BCUT2D eigenvalue weighted by molar-refractivity contribution is -0.119. The molecular weight excluding hydrogens is 275 g/mol. The molecule has 0 bridgehead atoms. The lowest BCUT2D eigenvalue weighted by Crippen LogP contribution is -2.27. The summed E-state index contributed by atoms with van der Waals surface area (Å²) in [7, 11) is 0. The summed E-state index contributed by atoms with van der Waals surface area (Å²) in [6, 6.07) is 4.09. The van der Waals surface area contributed by atoms with Gasteiger partial charge in [0, 0.05) is 24.6 Å². The van der Waals surface area contributed by atoms with E-state index in [1.165, 1.54) is 18.2 Å². The standard InChI is InChI=1S/C15H19FN2O3/c1-15(2,3)21-14(20)18-12-5-4-10(16)7-11(12)9-6-13(19)17-8-9/h4-5,7,9H,6,8H2,1-3H3,(H,17,19)(H,18,20). The third-order valence-electron chi connectivity index (χ3n) is 3.07. The molecule has 0 saturated carbocycles. The maximum atomic E-state index is 13.5. The van der Waals surface area contributed by atoms with Crippen molar-refractivity contribution in [2.24, 2.45) is 0 Å². The molecule has 0 radical (unpaired) electrons. The van der Waals surface area contributed by atoms with Gasteiger partial charge in [-0.1, -0.05) is 0 Å². The molecule has 5 nitrogen and oxygen atoms in total. The Morgan fingerprint density at radius 1 is 1.43 bits per heavy atom. The number of nitrogens with one attached hydrogen (secondary N) is 2. The zero-order chi connectivity index (χ0) is 15.6. The van der Waals surface area contributed by atoms with Crippen LogP contribution < -0.4 is 10.6 Å². The largest absolute Gasteiger partial charge is 0.444 e. The van der Waals surface area contributed by atoms with Gasteiger partial charge < -0.3 is 10.1 Å². The molecule has 1 atom stereocenters. The normalized spacial score (nSPS) is 18.3. The van der Waals surface area contributed by atoms with Gasteiger partial charge in [0.25, 0.3) is 0 Å². The second-order valence-corrected chi connectivity index (χ2v) is 6.06. The lowest BCUT2D eigenvalue weighted by atomic mass is 9.96. The van der Waals surface area contributed by atoms with Gasteiger partial charge in [-0.3, -0.25) is 10.1 Å². The van der Waals surface area contributed by atoms with E-state index in [9.17, 15) is 14.0 Å². The van der Waals surface area contributed by atoms with Crippen LogP contribution in [0, 0.1) is 5.82 Å². The number of carbonyl (C=O) groups excluding carboxylic acids is 2. The predicted molar refractivity (Wildman–Crippen MR) is 76.6 cm³/mol. The van der Waals surface area contributed by atoms with E-state index in [1.807, 2.05) is 0 Å². The summed E-state index contributed by atoms with van der Waals surface area (Å²) in [5.41, 5.74) is 0.446. The Kier molecular flexibility index (Phi) is 4.16. The Balaban J connectivity index is 2.19. The van der Waals surface area contributed by atoms with Crippen LogP contribution in [0.5, 0.6) is 0 Å². The van der Waals surface area contributed by atoms with Crippen molar-refractivity contribution in [1.29, 1.82) is 0 Å². The molecule has 1 aliphatic rings. The molecule has 114 valence electrons. The number of hydrogen-bond acceptors (Lipinski definition) is 3. The molecule has 2 amide bonds. The Labute approximate surface area is 122 Å². The lowest BCUT2D eigenvalue weighted by Gasteiger charge is -2.21. The van der Waals surface area contributed by atoms with E-state index in [-0.39, 0.29) is 18.2 Å². The molecule has 0 aliphatic carbocycles. The molecule has 1 fully saturated rings. The molecule has 6 heteroatoms. The number of halogens is 1. The van der Waals surface area contributed by atoms with E-state index in [0.717, 1.165) is 0 Å². The number of carbonyl (C=O) groups is 2. The molecule has 2 N–H and O–H groups in total. The van der Waals surface area contributed by atoms with Crippen molar-refractivity contribution in [1.82, 2.24) is 5.32 Å². The van der Waals surface area contributed by atoms with Crippen molar-refractivity contribution in [3.63, 3.8) is 0 Å². The van der Waals surface area contributed by atoms with Gasteiger partial charge in [0.2, 0.25) is 5.91 Å². The summed E-state index contributed by atoms with van der Waals surface area (Å²) in [6.07, 6.45) is -0.320. The van der Waals surface area contributed by atoms with Crippen molar-refractivity contribution in [3.05, 3.63) is 29.6 Å². The molecular formula is C15H19FN2O3. The zero-order valence-electron chi connectivity index (χ0n) is 12.3. The summed E-state index contributed by atoms with van der Waals surface area (Å²) in [6.45, 7) is 5.72. The summed E-state index contributed by atoms with van der Waals surface area (Å²) < 4.78 is 18.6. The molecule has 1 saturated heterocycles. The number of hydrogen-bond donors (Lipinski definition) is 2. The van der Waals surface area contributed by atoms with Gasteiger partial charge in [0.15, 0.2) is 0 Å². The third kappa shape index (κ3) is 4.18. The first-order valence-corrected chi connectivity index (χ1v) is 6.81. The average molecular weight is 294 g/mol. The van der Waals surface area contributed by atoms with Crippen LogP contribution >= 0.6 is 0 Å². The number of amides is 2. The minimum Gasteiger partial charge on any atom is -0.444 e. The quantitative estimate of drug-likeness (QED) is 0.881. The van der Waals surface area contributed by atoms with Crippen LogP contribution in [0.4, 0.5) is 14.9 Å². The van der Waals surface area contributed by atoms with Crippen LogP contribution in [0.25, 0.3) is 0 Å². The van der Waals surface area contributed by atoms with E-state index in [0.29, 0.717) is 17.8 Å². The van der Waals surface area contributed by atoms with E-state index in [2.05, 4.69) is 10.6 Å². The summed E-state index contributed by atoms with van der Waals surface area (Å²) in [4.78, 5) is 23.2. The molecule has 0 aromatic heterocycles. The first-order valence-electron chi connectivity index (χ1n) is 6.81. The van der Waals surface area contributed by atoms with Crippen molar-refractivity contribution >= 4 is 17.7 Å². The molecule has 2 rings (SSSR count). The number of rotatable bonds is 2. The minimum atomic E-state index is -0.616. The fraction of sp³-hybridized carbons (Fsp3) is 0.467. The minimum absolute atomic E-state index is 0.0764. The predicted octanol–water partition coefficient (Wildman–Crippen LogP) is 2.78. The zero-order valence-corrected chi connectivity index (χ0v) is 12.3. The molecule has 0 spiro atoms. The summed E-state index contributed by atoms with van der Waals surface area (Å²) in [5.74, 6) is -0.635. The number of benzene rings is 1. The Hall–Kier alpha value is -2.11. The smallest absolute Gasteiger partial charge is 0.412 e. The molecule has 1 aliphatic heterocycles. The van der Waals surface area contributed by atoms with Crippen LogP contribution in [-0.2, 0) is 9.53 Å². The van der Waals surface area contributed by atoms with Gasteiger partial charge in [0.1, 0.15) is 11.4 Å². The maximum Gasteiger partial charge on any atom is 0.412 e. The highest BCUT2D eigenvalue weighted by Gasteiger charge is 2.26. The van der Waals surface area contributed by atoms with Gasteiger partial charge in [-0.25, -0.2) is 9.18 Å². The topological polar surface area (TPSA) is 67.4 Å². The molecule has 21 heavy (non-hydrogen) atoms. The number of ether oxygens (including phenoxy) is 1. The van der Waals surface area contributed by atoms with Crippen LogP contribution in [0.1, 0.15) is 38.7 Å². The van der Waals surface area contributed by atoms with E-state index < -0.39 is 17.5 Å². The molecule has 1 aromatic carbocycles. The van der Waals surface area contributed by atoms with Crippen LogP contribution in [-0.4, -0.2) is 24.1 Å². The number of anilines is 1. The van der Waals surface area contributed by atoms with Crippen LogP contribution in [0.15, 0.2) is 18.2 Å². The van der Waals surface area contributed by atoms with Crippen LogP contribution in [0.3, 0.4) is 0 Å². The Bertz CT molecular complexity index is 567. The van der Waals surface area contributed by atoms with Crippen molar-refractivity contribution < 1.29 is 18.7 Å². The highest BCUT2D eigenvalue weighted by molar-refractivity contribution is 5.87. The fourth-order valence-electron chi connectivity index (χ4n) is 2.22. The molecule has 1 heterocycles.